The summed E-state index contributed by atoms with van der Waals surface area (Å²) in [7, 11) is 0. The van der Waals surface area contributed by atoms with E-state index in [0.29, 0.717) is 12.3 Å². The van der Waals surface area contributed by atoms with Crippen LogP contribution in [-0.4, -0.2) is 6.61 Å². The van der Waals surface area contributed by atoms with E-state index < -0.39 is 0 Å². The Hall–Kier alpha value is -1.42. The van der Waals surface area contributed by atoms with Crippen molar-refractivity contribution in [2.75, 3.05) is 18.1 Å². The highest BCUT2D eigenvalue weighted by molar-refractivity contribution is 7.22. The van der Waals surface area contributed by atoms with Gasteiger partial charge in [0.2, 0.25) is 0 Å². The molecule has 4 heteroatoms. The molecule has 2 aromatic rings. The van der Waals surface area contributed by atoms with Crippen LogP contribution in [0.25, 0.3) is 10.1 Å². The third kappa shape index (κ3) is 1.48. The number of benzene rings is 1. The van der Waals surface area contributed by atoms with Crippen LogP contribution in [0.4, 0.5) is 10.7 Å². The molecule has 2 rings (SSSR count). The van der Waals surface area contributed by atoms with E-state index in [1.807, 2.05) is 25.1 Å². The van der Waals surface area contributed by atoms with Gasteiger partial charge in [-0.15, -0.1) is 11.3 Å². The second-order valence-corrected chi connectivity index (χ2v) is 4.12. The zero-order valence-corrected chi connectivity index (χ0v) is 8.73. The molecule has 0 fully saturated rings. The Kier molecular flexibility index (Phi) is 2.21. The van der Waals surface area contributed by atoms with Gasteiger partial charge in [-0.2, -0.15) is 0 Å². The molecule has 0 unspecified atom stereocenters. The first-order valence-corrected chi connectivity index (χ1v) is 5.23. The maximum absolute atomic E-state index is 5.82. The van der Waals surface area contributed by atoms with Crippen molar-refractivity contribution in [2.24, 2.45) is 0 Å². The van der Waals surface area contributed by atoms with E-state index in [9.17, 15) is 0 Å². The second kappa shape index (κ2) is 3.38. The first-order chi connectivity index (χ1) is 6.70. The van der Waals surface area contributed by atoms with Gasteiger partial charge in [-0.3, -0.25) is 0 Å². The molecule has 3 nitrogen and oxygen atoms in total. The fraction of sp³-hybridized carbons (Fsp3) is 0.200. The molecule has 0 bridgehead atoms. The molecule has 0 atom stereocenters. The van der Waals surface area contributed by atoms with Crippen LogP contribution in [0.1, 0.15) is 6.92 Å². The molecule has 74 valence electrons. The minimum atomic E-state index is 0.622. The van der Waals surface area contributed by atoms with Crippen molar-refractivity contribution < 1.29 is 4.74 Å². The molecular weight excluding hydrogens is 196 g/mol. The van der Waals surface area contributed by atoms with E-state index >= 15 is 0 Å². The van der Waals surface area contributed by atoms with Crippen LogP contribution < -0.4 is 16.2 Å². The Morgan fingerprint density at radius 1 is 1.29 bits per heavy atom. The number of ether oxygens (including phenoxy) is 1. The number of hydrogen-bond acceptors (Lipinski definition) is 4. The molecule has 1 heterocycles. The SMILES string of the molecule is CCOc1cc2sc(N)cc2cc1N. The number of nitrogens with two attached hydrogens (primary N) is 2. The molecule has 0 saturated heterocycles. The van der Waals surface area contributed by atoms with Crippen LogP contribution in [0.2, 0.25) is 0 Å². The number of rotatable bonds is 2. The van der Waals surface area contributed by atoms with Crippen molar-refractivity contribution in [3.05, 3.63) is 18.2 Å². The predicted molar refractivity (Wildman–Crippen MR) is 61.8 cm³/mol. The third-order valence-corrected chi connectivity index (χ3v) is 2.89. The fourth-order valence-electron chi connectivity index (χ4n) is 1.39. The lowest BCUT2D eigenvalue weighted by Gasteiger charge is -2.05. The zero-order valence-electron chi connectivity index (χ0n) is 7.91. The zero-order chi connectivity index (χ0) is 10.1. The molecule has 1 aromatic carbocycles. The van der Waals surface area contributed by atoms with Gasteiger partial charge in [0, 0.05) is 10.8 Å². The first kappa shape index (κ1) is 9.15. The second-order valence-electron chi connectivity index (χ2n) is 3.01. The number of nitrogen functional groups attached to an aromatic ring is 2. The average Bonchev–Trinajstić information content (AvgIpc) is 2.45. The highest BCUT2D eigenvalue weighted by Crippen LogP contribution is 2.34. The van der Waals surface area contributed by atoms with E-state index in [0.717, 1.165) is 20.8 Å². The lowest BCUT2D eigenvalue weighted by molar-refractivity contribution is 0.342. The van der Waals surface area contributed by atoms with E-state index in [-0.39, 0.29) is 0 Å². The number of fused-ring (bicyclic) bond motifs is 1. The Morgan fingerprint density at radius 2 is 2.07 bits per heavy atom. The molecule has 0 amide bonds. The van der Waals surface area contributed by atoms with Gasteiger partial charge in [0.15, 0.2) is 0 Å². The van der Waals surface area contributed by atoms with Crippen LogP contribution in [0.15, 0.2) is 18.2 Å². The topological polar surface area (TPSA) is 61.3 Å². The van der Waals surface area contributed by atoms with Crippen molar-refractivity contribution in [1.29, 1.82) is 0 Å². The van der Waals surface area contributed by atoms with Gasteiger partial charge in [-0.25, -0.2) is 0 Å². The van der Waals surface area contributed by atoms with Crippen LogP contribution in [0.3, 0.4) is 0 Å². The monoisotopic (exact) mass is 208 g/mol. The molecule has 1 aromatic heterocycles. The van der Waals surface area contributed by atoms with Crippen LogP contribution in [-0.2, 0) is 0 Å². The highest BCUT2D eigenvalue weighted by Gasteiger charge is 2.05. The molecular formula is C10H12N2OS. The number of thiophene rings is 1. The minimum Gasteiger partial charge on any atom is -0.492 e. The average molecular weight is 208 g/mol. The summed E-state index contributed by atoms with van der Waals surface area (Å²) in [6, 6.07) is 5.76. The van der Waals surface area contributed by atoms with Crippen molar-refractivity contribution in [3.8, 4) is 5.75 Å². The summed E-state index contributed by atoms with van der Waals surface area (Å²) in [5.41, 5.74) is 12.2. The van der Waals surface area contributed by atoms with Crippen molar-refractivity contribution in [3.63, 3.8) is 0 Å². The lowest BCUT2D eigenvalue weighted by Crippen LogP contribution is -1.95. The smallest absolute Gasteiger partial charge is 0.143 e. The minimum absolute atomic E-state index is 0.622. The normalized spacial score (nSPS) is 10.6. The molecule has 4 N–H and O–H groups in total. The number of anilines is 2. The molecule has 14 heavy (non-hydrogen) atoms. The van der Waals surface area contributed by atoms with Gasteiger partial charge in [0.25, 0.3) is 0 Å². The van der Waals surface area contributed by atoms with Gasteiger partial charge >= 0.3 is 0 Å². The summed E-state index contributed by atoms with van der Waals surface area (Å²) in [4.78, 5) is 0. The summed E-state index contributed by atoms with van der Waals surface area (Å²) in [5, 5.41) is 1.88. The van der Waals surface area contributed by atoms with E-state index in [1.54, 1.807) is 11.3 Å². The summed E-state index contributed by atoms with van der Waals surface area (Å²) in [6.45, 7) is 2.56. The summed E-state index contributed by atoms with van der Waals surface area (Å²) in [6.07, 6.45) is 0. The first-order valence-electron chi connectivity index (χ1n) is 4.42. The van der Waals surface area contributed by atoms with Gasteiger partial charge in [-0.1, -0.05) is 0 Å². The van der Waals surface area contributed by atoms with E-state index in [2.05, 4.69) is 0 Å². The van der Waals surface area contributed by atoms with Crippen molar-refractivity contribution in [1.82, 2.24) is 0 Å². The van der Waals surface area contributed by atoms with Gasteiger partial charge in [0.05, 0.1) is 17.3 Å². The van der Waals surface area contributed by atoms with Gasteiger partial charge in [0.1, 0.15) is 5.75 Å². The largest absolute Gasteiger partial charge is 0.492 e. The molecule has 0 saturated carbocycles. The Labute approximate surface area is 86.3 Å². The maximum atomic E-state index is 5.82. The molecule has 0 aliphatic heterocycles. The molecule has 0 aliphatic rings. The van der Waals surface area contributed by atoms with Crippen LogP contribution >= 0.6 is 11.3 Å². The quantitative estimate of drug-likeness (QED) is 0.745. The molecule has 0 spiro atoms. The Bertz CT molecular complexity index is 464. The molecule has 0 aliphatic carbocycles. The van der Waals surface area contributed by atoms with Crippen LogP contribution in [0.5, 0.6) is 5.75 Å². The van der Waals surface area contributed by atoms with Gasteiger partial charge in [-0.05, 0) is 24.4 Å². The fourth-order valence-corrected chi connectivity index (χ4v) is 2.23. The summed E-state index contributed by atoms with van der Waals surface area (Å²) < 4.78 is 6.51. The number of hydrogen-bond donors (Lipinski definition) is 2. The van der Waals surface area contributed by atoms with E-state index in [1.165, 1.54) is 0 Å². The molecule has 0 radical (unpaired) electrons. The van der Waals surface area contributed by atoms with E-state index in [4.69, 9.17) is 16.2 Å². The highest BCUT2D eigenvalue weighted by atomic mass is 32.1. The summed E-state index contributed by atoms with van der Waals surface area (Å²) in [5.74, 6) is 0.738. The van der Waals surface area contributed by atoms with Gasteiger partial charge < -0.3 is 16.2 Å². The summed E-state index contributed by atoms with van der Waals surface area (Å²) >= 11 is 1.54. The van der Waals surface area contributed by atoms with Crippen molar-refractivity contribution >= 4 is 32.1 Å². The lowest BCUT2D eigenvalue weighted by atomic mass is 10.2. The Morgan fingerprint density at radius 3 is 2.79 bits per heavy atom. The standard InChI is InChI=1S/C10H12N2OS/c1-2-13-8-5-9-6(3-7(8)11)4-10(12)14-9/h3-5H,2,11-12H2,1H3. The van der Waals surface area contributed by atoms with Crippen molar-refractivity contribution in [2.45, 2.75) is 6.92 Å². The predicted octanol–water partition coefficient (Wildman–Crippen LogP) is 2.46. The van der Waals surface area contributed by atoms with Crippen LogP contribution in [0, 0.1) is 0 Å². The third-order valence-electron chi connectivity index (χ3n) is 1.97. The Balaban J connectivity index is 2.58. The maximum Gasteiger partial charge on any atom is 0.143 e.